The number of pyridine rings is 1. The molecule has 0 spiro atoms. The first kappa shape index (κ1) is 24.2. The summed E-state index contributed by atoms with van der Waals surface area (Å²) in [6.45, 7) is 10.00. The first-order chi connectivity index (χ1) is 15.2. The number of benzene rings is 2. The zero-order valence-electron chi connectivity index (χ0n) is 19.0. The number of thioether (sulfide) groups is 1. The maximum absolute atomic E-state index is 13.0. The Morgan fingerprint density at radius 2 is 1.75 bits per heavy atom. The van der Waals surface area contributed by atoms with Gasteiger partial charge in [0.1, 0.15) is 0 Å². The van der Waals surface area contributed by atoms with Crippen molar-refractivity contribution in [2.45, 2.75) is 49.8 Å². The van der Waals surface area contributed by atoms with Gasteiger partial charge in [-0.15, -0.1) is 0 Å². The van der Waals surface area contributed by atoms with Crippen LogP contribution in [0.5, 0.6) is 0 Å². The van der Waals surface area contributed by atoms with E-state index in [0.717, 1.165) is 21.5 Å². The molecule has 1 N–H and O–H groups in total. The molecule has 0 aliphatic carbocycles. The summed E-state index contributed by atoms with van der Waals surface area (Å²) in [6.07, 6.45) is 0. The van der Waals surface area contributed by atoms with E-state index in [9.17, 15) is 13.2 Å². The molecule has 0 saturated carbocycles. The van der Waals surface area contributed by atoms with Gasteiger partial charge >= 0.3 is 0 Å². The molecule has 2 aromatic carbocycles. The normalized spacial score (nSPS) is 12.8. The van der Waals surface area contributed by atoms with Crippen molar-refractivity contribution in [3.05, 3.63) is 59.7 Å². The molecule has 0 bridgehead atoms. The first-order valence-corrected chi connectivity index (χ1v) is 12.9. The zero-order chi connectivity index (χ0) is 23.5. The van der Waals surface area contributed by atoms with Gasteiger partial charge in [-0.2, -0.15) is 4.31 Å². The predicted octanol–water partition coefficient (Wildman–Crippen LogP) is 5.00. The largest absolute Gasteiger partial charge is 0.325 e. The minimum Gasteiger partial charge on any atom is -0.325 e. The molecule has 3 rings (SSSR count). The van der Waals surface area contributed by atoms with Crippen LogP contribution in [0.25, 0.3) is 10.9 Å². The third kappa shape index (κ3) is 5.14. The number of hydrogen-bond acceptors (Lipinski definition) is 5. The number of nitrogens with zero attached hydrogens (tertiary/aromatic N) is 2. The molecule has 1 aromatic heterocycles. The monoisotopic (exact) mass is 471 g/mol. The lowest BCUT2D eigenvalue weighted by Gasteiger charge is -2.20. The van der Waals surface area contributed by atoms with Gasteiger partial charge in [0, 0.05) is 24.2 Å². The molecule has 0 aliphatic heterocycles. The fourth-order valence-corrected chi connectivity index (χ4v) is 6.15. The second kappa shape index (κ2) is 10.0. The Morgan fingerprint density at radius 1 is 1.06 bits per heavy atom. The molecule has 3 aromatic rings. The van der Waals surface area contributed by atoms with Crippen LogP contribution >= 0.6 is 11.8 Å². The van der Waals surface area contributed by atoms with Gasteiger partial charge in [0.2, 0.25) is 15.9 Å². The number of amides is 1. The molecule has 0 saturated heterocycles. The van der Waals surface area contributed by atoms with Crippen LogP contribution in [-0.2, 0) is 14.8 Å². The van der Waals surface area contributed by atoms with E-state index in [2.05, 4.69) is 10.3 Å². The molecule has 6 nitrogen and oxygen atoms in total. The third-order valence-corrected chi connectivity index (χ3v) is 8.56. The van der Waals surface area contributed by atoms with Gasteiger partial charge in [-0.1, -0.05) is 49.9 Å². The average Bonchev–Trinajstić information content (AvgIpc) is 2.75. The summed E-state index contributed by atoms with van der Waals surface area (Å²) in [5, 5.41) is 4.32. The number of fused-ring (bicyclic) bond motifs is 1. The zero-order valence-corrected chi connectivity index (χ0v) is 20.7. The number of aromatic nitrogens is 1. The summed E-state index contributed by atoms with van der Waals surface area (Å²) >= 11 is 1.38. The number of rotatable bonds is 8. The van der Waals surface area contributed by atoms with E-state index in [1.54, 1.807) is 19.1 Å². The SMILES string of the molecule is CCN(CC)S(=O)(=O)c1cc(NC(=O)C(C)Sc2cc(C)c3ccccc3n2)ccc1C. The molecule has 0 fully saturated rings. The first-order valence-electron chi connectivity index (χ1n) is 10.6. The maximum atomic E-state index is 13.0. The molecule has 32 heavy (non-hydrogen) atoms. The lowest BCUT2D eigenvalue weighted by Crippen LogP contribution is -2.31. The second-order valence-electron chi connectivity index (χ2n) is 7.61. The maximum Gasteiger partial charge on any atom is 0.243 e. The molecule has 170 valence electrons. The quantitative estimate of drug-likeness (QED) is 0.468. The van der Waals surface area contributed by atoms with Crippen molar-refractivity contribution in [2.75, 3.05) is 18.4 Å². The summed E-state index contributed by atoms with van der Waals surface area (Å²) in [6, 6.07) is 14.9. The van der Waals surface area contributed by atoms with Crippen molar-refractivity contribution < 1.29 is 13.2 Å². The molecular weight excluding hydrogens is 442 g/mol. The van der Waals surface area contributed by atoms with Crippen molar-refractivity contribution in [1.82, 2.24) is 9.29 Å². The smallest absolute Gasteiger partial charge is 0.243 e. The van der Waals surface area contributed by atoms with Gasteiger partial charge in [0.05, 0.1) is 20.7 Å². The summed E-state index contributed by atoms with van der Waals surface area (Å²) < 4.78 is 27.3. The van der Waals surface area contributed by atoms with E-state index in [4.69, 9.17) is 0 Å². The number of para-hydroxylation sites is 1. The Labute approximate surface area is 194 Å². The van der Waals surface area contributed by atoms with Crippen molar-refractivity contribution >= 4 is 44.3 Å². The minimum atomic E-state index is -3.62. The molecule has 1 unspecified atom stereocenters. The Kier molecular flexibility index (Phi) is 7.59. The van der Waals surface area contributed by atoms with Crippen molar-refractivity contribution in [2.24, 2.45) is 0 Å². The fraction of sp³-hybridized carbons (Fsp3) is 0.333. The summed E-state index contributed by atoms with van der Waals surface area (Å²) in [5.74, 6) is -0.211. The number of nitrogens with one attached hydrogen (secondary N) is 1. The molecule has 1 atom stereocenters. The summed E-state index contributed by atoms with van der Waals surface area (Å²) in [5.41, 5.74) is 3.11. The highest BCUT2D eigenvalue weighted by Crippen LogP contribution is 2.28. The predicted molar refractivity (Wildman–Crippen MR) is 132 cm³/mol. The summed E-state index contributed by atoms with van der Waals surface area (Å²) in [7, 11) is -3.62. The lowest BCUT2D eigenvalue weighted by molar-refractivity contribution is -0.115. The average molecular weight is 472 g/mol. The Morgan fingerprint density at radius 3 is 2.44 bits per heavy atom. The van der Waals surface area contributed by atoms with E-state index in [0.29, 0.717) is 24.3 Å². The van der Waals surface area contributed by atoms with Crippen LogP contribution in [-0.4, -0.2) is 42.0 Å². The standard InChI is InChI=1S/C24H29N3O3S2/c1-6-27(7-2)32(29,30)22-15-19(13-12-16(22)3)25-24(28)18(5)31-23-14-17(4)20-10-8-9-11-21(20)26-23/h8-15,18H,6-7H2,1-5H3,(H,25,28). The number of hydrogen-bond donors (Lipinski definition) is 1. The minimum absolute atomic E-state index is 0.211. The van der Waals surface area contributed by atoms with Crippen LogP contribution in [0.4, 0.5) is 5.69 Å². The number of carbonyl (C=O) groups is 1. The molecule has 0 aliphatic rings. The molecule has 0 radical (unpaired) electrons. The Hall–Kier alpha value is -2.42. The molecule has 1 amide bonds. The van der Waals surface area contributed by atoms with E-state index in [-0.39, 0.29) is 10.8 Å². The number of anilines is 1. The molecule has 1 heterocycles. The Bertz CT molecular complexity index is 1240. The van der Waals surface area contributed by atoms with Crippen LogP contribution in [0.3, 0.4) is 0 Å². The highest BCUT2D eigenvalue weighted by atomic mass is 32.2. The Balaban J connectivity index is 1.78. The number of carbonyl (C=O) groups excluding carboxylic acids is 1. The van der Waals surface area contributed by atoms with Crippen molar-refractivity contribution in [1.29, 1.82) is 0 Å². The van der Waals surface area contributed by atoms with Crippen LogP contribution in [0.15, 0.2) is 58.5 Å². The van der Waals surface area contributed by atoms with E-state index in [1.165, 1.54) is 22.1 Å². The van der Waals surface area contributed by atoms with Crippen LogP contribution in [0, 0.1) is 13.8 Å². The number of sulfonamides is 1. The molecule has 8 heteroatoms. The molecular formula is C24H29N3O3S2. The number of aryl methyl sites for hydroxylation is 2. The van der Waals surface area contributed by atoms with Gasteiger partial charge in [-0.05, 0) is 56.2 Å². The van der Waals surface area contributed by atoms with Gasteiger partial charge < -0.3 is 5.32 Å². The van der Waals surface area contributed by atoms with Crippen LogP contribution in [0.1, 0.15) is 31.9 Å². The van der Waals surface area contributed by atoms with Crippen LogP contribution in [0.2, 0.25) is 0 Å². The van der Waals surface area contributed by atoms with E-state index < -0.39 is 15.3 Å². The summed E-state index contributed by atoms with van der Waals surface area (Å²) in [4.78, 5) is 17.7. The topological polar surface area (TPSA) is 79.4 Å². The van der Waals surface area contributed by atoms with Gasteiger partial charge in [0.15, 0.2) is 0 Å². The van der Waals surface area contributed by atoms with Crippen molar-refractivity contribution in [3.63, 3.8) is 0 Å². The third-order valence-electron chi connectivity index (χ3n) is 5.35. The highest BCUT2D eigenvalue weighted by molar-refractivity contribution is 8.00. The van der Waals surface area contributed by atoms with Gasteiger partial charge in [-0.3, -0.25) is 4.79 Å². The lowest BCUT2D eigenvalue weighted by atomic mass is 10.1. The van der Waals surface area contributed by atoms with E-state index in [1.807, 2.05) is 58.0 Å². The highest BCUT2D eigenvalue weighted by Gasteiger charge is 2.24. The fourth-order valence-electron chi connectivity index (χ4n) is 3.52. The second-order valence-corrected chi connectivity index (χ2v) is 10.9. The van der Waals surface area contributed by atoms with Gasteiger partial charge in [0.25, 0.3) is 0 Å². The van der Waals surface area contributed by atoms with E-state index >= 15 is 0 Å². The van der Waals surface area contributed by atoms with Gasteiger partial charge in [-0.25, -0.2) is 13.4 Å². The van der Waals surface area contributed by atoms with Crippen molar-refractivity contribution in [3.8, 4) is 0 Å². The van der Waals surface area contributed by atoms with Crippen LogP contribution < -0.4 is 5.32 Å².